The van der Waals surface area contributed by atoms with Crippen molar-refractivity contribution < 1.29 is 4.42 Å². The van der Waals surface area contributed by atoms with Crippen molar-refractivity contribution in [3.8, 4) is 0 Å². The quantitative estimate of drug-likeness (QED) is 0.662. The minimum absolute atomic E-state index is 0.409. The molecule has 3 heteroatoms. The van der Waals surface area contributed by atoms with Crippen LogP contribution in [0, 0.1) is 0 Å². The van der Waals surface area contributed by atoms with Crippen LogP contribution in [0.3, 0.4) is 0 Å². The van der Waals surface area contributed by atoms with Gasteiger partial charge < -0.3 is 9.73 Å². The van der Waals surface area contributed by atoms with Gasteiger partial charge in [-0.25, -0.2) is 4.98 Å². The summed E-state index contributed by atoms with van der Waals surface area (Å²) in [6.45, 7) is 1.10. The lowest BCUT2D eigenvalue weighted by Crippen LogP contribution is -2.26. The molecule has 1 aliphatic rings. The minimum atomic E-state index is 0.409. The van der Waals surface area contributed by atoms with Crippen LogP contribution in [0.5, 0.6) is 0 Å². The van der Waals surface area contributed by atoms with Gasteiger partial charge in [-0.3, -0.25) is 0 Å². The fraction of sp³-hybridized carbons (Fsp3) is 0.625. The predicted octanol–water partition coefficient (Wildman–Crippen LogP) is 1.49. The van der Waals surface area contributed by atoms with Crippen LogP contribution in [0.4, 0.5) is 0 Å². The highest BCUT2D eigenvalue weighted by Crippen LogP contribution is 2.21. The largest absolute Gasteiger partial charge is 0.447 e. The van der Waals surface area contributed by atoms with Crippen LogP contribution in [0.1, 0.15) is 31.1 Å². The van der Waals surface area contributed by atoms with Crippen molar-refractivity contribution in [2.45, 2.75) is 25.3 Å². The summed E-state index contributed by atoms with van der Waals surface area (Å²) in [7, 11) is 0. The lowest BCUT2D eigenvalue weighted by atomic mass is 10.0. The van der Waals surface area contributed by atoms with Crippen LogP contribution < -0.4 is 5.32 Å². The topological polar surface area (TPSA) is 38.1 Å². The summed E-state index contributed by atoms with van der Waals surface area (Å²) in [6.07, 6.45) is 7.03. The molecule has 0 aliphatic carbocycles. The molecule has 3 nitrogen and oxygen atoms in total. The molecule has 1 N–H and O–H groups in total. The van der Waals surface area contributed by atoms with E-state index in [1.165, 1.54) is 25.7 Å². The molecular weight excluding hydrogens is 140 g/mol. The fourth-order valence-corrected chi connectivity index (χ4v) is 1.49. The average molecular weight is 152 g/mol. The Hall–Kier alpha value is -0.830. The lowest BCUT2D eigenvalue weighted by Gasteiger charge is -2.20. The Labute approximate surface area is 65.8 Å². The number of hydrogen-bond acceptors (Lipinski definition) is 3. The summed E-state index contributed by atoms with van der Waals surface area (Å²) in [6, 6.07) is 0.409. The lowest BCUT2D eigenvalue weighted by molar-refractivity contribution is 0.349. The smallest absolute Gasteiger partial charge is 0.180 e. The first-order chi connectivity index (χ1) is 5.47. The molecule has 0 aromatic carbocycles. The van der Waals surface area contributed by atoms with E-state index in [0.717, 1.165) is 12.3 Å². The standard InChI is InChI=1S/C8H12N2O/c1-2-4-10-7(3-1)8-5-9-6-11-8/h5-7,10H,1-4H2. The zero-order chi connectivity index (χ0) is 7.52. The van der Waals surface area contributed by atoms with Crippen molar-refractivity contribution in [1.29, 1.82) is 0 Å². The molecule has 0 amide bonds. The Morgan fingerprint density at radius 3 is 3.18 bits per heavy atom. The van der Waals surface area contributed by atoms with Crippen molar-refractivity contribution in [2.24, 2.45) is 0 Å². The minimum Gasteiger partial charge on any atom is -0.447 e. The van der Waals surface area contributed by atoms with Crippen molar-refractivity contribution >= 4 is 0 Å². The highest BCUT2D eigenvalue weighted by molar-refractivity contribution is 4.98. The van der Waals surface area contributed by atoms with Crippen molar-refractivity contribution in [2.75, 3.05) is 6.54 Å². The summed E-state index contributed by atoms with van der Waals surface area (Å²) < 4.78 is 5.20. The first kappa shape index (κ1) is 6.85. The number of nitrogens with one attached hydrogen (secondary N) is 1. The summed E-state index contributed by atoms with van der Waals surface area (Å²) in [5.41, 5.74) is 0. The highest BCUT2D eigenvalue weighted by Gasteiger charge is 2.16. The number of aromatic nitrogens is 1. The predicted molar refractivity (Wildman–Crippen MR) is 41.1 cm³/mol. The van der Waals surface area contributed by atoms with Crippen LogP contribution in [0.2, 0.25) is 0 Å². The molecule has 0 bridgehead atoms. The van der Waals surface area contributed by atoms with Gasteiger partial charge in [0.15, 0.2) is 6.39 Å². The zero-order valence-electron chi connectivity index (χ0n) is 6.42. The van der Waals surface area contributed by atoms with Gasteiger partial charge in [-0.15, -0.1) is 0 Å². The van der Waals surface area contributed by atoms with E-state index in [9.17, 15) is 0 Å². The van der Waals surface area contributed by atoms with Crippen LogP contribution >= 0.6 is 0 Å². The third-order valence-corrected chi connectivity index (χ3v) is 2.11. The average Bonchev–Trinajstić information content (AvgIpc) is 2.58. The molecule has 2 rings (SSSR count). The van der Waals surface area contributed by atoms with Crippen LogP contribution in [-0.2, 0) is 0 Å². The van der Waals surface area contributed by atoms with Crippen molar-refractivity contribution in [3.63, 3.8) is 0 Å². The van der Waals surface area contributed by atoms with E-state index in [4.69, 9.17) is 4.42 Å². The van der Waals surface area contributed by atoms with Gasteiger partial charge in [0.05, 0.1) is 12.2 Å². The monoisotopic (exact) mass is 152 g/mol. The summed E-state index contributed by atoms with van der Waals surface area (Å²) in [5.74, 6) is 0.977. The van der Waals surface area contributed by atoms with Gasteiger partial charge in [0.25, 0.3) is 0 Å². The van der Waals surface area contributed by atoms with Gasteiger partial charge in [0, 0.05) is 0 Å². The molecule has 2 heterocycles. The van der Waals surface area contributed by atoms with Crippen molar-refractivity contribution in [3.05, 3.63) is 18.4 Å². The SMILES string of the molecule is c1ncc(C2CCCCN2)o1. The van der Waals surface area contributed by atoms with Gasteiger partial charge in [0.2, 0.25) is 0 Å². The molecule has 0 radical (unpaired) electrons. The second-order valence-corrected chi connectivity index (χ2v) is 2.91. The van der Waals surface area contributed by atoms with Crippen molar-refractivity contribution in [1.82, 2.24) is 10.3 Å². The van der Waals surface area contributed by atoms with Gasteiger partial charge in [0.1, 0.15) is 5.76 Å². The van der Waals surface area contributed by atoms with E-state index < -0.39 is 0 Å². The maximum absolute atomic E-state index is 5.20. The molecule has 1 saturated heterocycles. The molecule has 1 aliphatic heterocycles. The molecule has 11 heavy (non-hydrogen) atoms. The number of rotatable bonds is 1. The van der Waals surface area contributed by atoms with E-state index in [0.29, 0.717) is 6.04 Å². The normalized spacial score (nSPS) is 25.3. The van der Waals surface area contributed by atoms with E-state index >= 15 is 0 Å². The fourth-order valence-electron chi connectivity index (χ4n) is 1.49. The van der Waals surface area contributed by atoms with E-state index in [-0.39, 0.29) is 0 Å². The summed E-state index contributed by atoms with van der Waals surface area (Å²) in [5, 5.41) is 3.39. The Balaban J connectivity index is 2.04. The number of hydrogen-bond donors (Lipinski definition) is 1. The molecule has 1 unspecified atom stereocenters. The number of nitrogens with zero attached hydrogens (tertiary/aromatic N) is 1. The molecule has 1 aromatic rings. The Kier molecular flexibility index (Phi) is 1.90. The van der Waals surface area contributed by atoms with E-state index in [1.807, 2.05) is 0 Å². The highest BCUT2D eigenvalue weighted by atomic mass is 16.3. The van der Waals surface area contributed by atoms with E-state index in [1.54, 1.807) is 6.20 Å². The molecule has 0 spiro atoms. The maximum atomic E-state index is 5.20. The first-order valence-corrected chi connectivity index (χ1v) is 4.08. The summed E-state index contributed by atoms with van der Waals surface area (Å²) >= 11 is 0. The second kappa shape index (κ2) is 3.05. The van der Waals surface area contributed by atoms with Gasteiger partial charge in [-0.1, -0.05) is 6.42 Å². The maximum Gasteiger partial charge on any atom is 0.180 e. The van der Waals surface area contributed by atoms with E-state index in [2.05, 4.69) is 10.3 Å². The molecule has 1 fully saturated rings. The molecule has 60 valence electrons. The number of piperidine rings is 1. The first-order valence-electron chi connectivity index (χ1n) is 4.08. The van der Waals surface area contributed by atoms with Gasteiger partial charge >= 0.3 is 0 Å². The van der Waals surface area contributed by atoms with Gasteiger partial charge in [-0.2, -0.15) is 0 Å². The molecular formula is C8H12N2O. The molecule has 1 aromatic heterocycles. The third-order valence-electron chi connectivity index (χ3n) is 2.11. The van der Waals surface area contributed by atoms with Crippen LogP contribution in [0.15, 0.2) is 17.0 Å². The Morgan fingerprint density at radius 2 is 2.55 bits per heavy atom. The molecule has 1 atom stereocenters. The molecule has 0 saturated carbocycles. The zero-order valence-corrected chi connectivity index (χ0v) is 6.42. The third kappa shape index (κ3) is 1.43. The van der Waals surface area contributed by atoms with Gasteiger partial charge in [-0.05, 0) is 19.4 Å². The second-order valence-electron chi connectivity index (χ2n) is 2.91. The Morgan fingerprint density at radius 1 is 1.55 bits per heavy atom. The summed E-state index contributed by atoms with van der Waals surface area (Å²) in [4.78, 5) is 3.89. The Bertz CT molecular complexity index is 202. The van der Waals surface area contributed by atoms with Crippen LogP contribution in [0.25, 0.3) is 0 Å². The number of oxazole rings is 1. The van der Waals surface area contributed by atoms with Crippen LogP contribution in [-0.4, -0.2) is 11.5 Å².